The van der Waals surface area contributed by atoms with Crippen molar-refractivity contribution < 1.29 is 4.92 Å². The number of nitrogens with zero attached hydrogens (tertiary/aromatic N) is 2. The van der Waals surface area contributed by atoms with Crippen LogP contribution in [0.2, 0.25) is 5.02 Å². The Hall–Kier alpha value is -2.08. The first-order valence-electron chi connectivity index (χ1n) is 5.66. The molecule has 100 valence electrons. The molecular formula is C12H13ClN4O2. The van der Waals surface area contributed by atoms with Gasteiger partial charge in [-0.05, 0) is 25.5 Å². The normalized spacial score (nSPS) is 10.5. The molecular weight excluding hydrogens is 268 g/mol. The van der Waals surface area contributed by atoms with Crippen molar-refractivity contribution in [3.8, 4) is 0 Å². The number of nitrogens with one attached hydrogen (secondary N) is 2. The van der Waals surface area contributed by atoms with Crippen LogP contribution in [0.3, 0.4) is 0 Å². The molecule has 0 amide bonds. The van der Waals surface area contributed by atoms with Gasteiger partial charge in [-0.2, -0.15) is 0 Å². The number of aromatic amines is 1. The van der Waals surface area contributed by atoms with E-state index in [4.69, 9.17) is 11.6 Å². The summed E-state index contributed by atoms with van der Waals surface area (Å²) in [5, 5.41) is 14.1. The summed E-state index contributed by atoms with van der Waals surface area (Å²) in [5.74, 6) is 0.843. The second kappa shape index (κ2) is 5.27. The molecule has 0 unspecified atom stereocenters. The average molecular weight is 281 g/mol. The number of rotatable bonds is 4. The lowest BCUT2D eigenvalue weighted by Gasteiger charge is -2.09. The maximum absolute atomic E-state index is 10.8. The van der Waals surface area contributed by atoms with Crippen molar-refractivity contribution >= 4 is 23.0 Å². The van der Waals surface area contributed by atoms with Crippen molar-refractivity contribution in [3.63, 3.8) is 0 Å². The van der Waals surface area contributed by atoms with Crippen molar-refractivity contribution in [2.75, 3.05) is 5.32 Å². The van der Waals surface area contributed by atoms with Gasteiger partial charge in [0.25, 0.3) is 5.69 Å². The number of nitro groups is 1. The van der Waals surface area contributed by atoms with Crippen molar-refractivity contribution in [2.45, 2.75) is 20.4 Å². The fraction of sp³-hybridized carbons (Fsp3) is 0.250. The first-order chi connectivity index (χ1) is 8.97. The third kappa shape index (κ3) is 3.03. The molecule has 1 heterocycles. The maximum atomic E-state index is 10.8. The van der Waals surface area contributed by atoms with Crippen molar-refractivity contribution in [1.82, 2.24) is 9.97 Å². The lowest BCUT2D eigenvalue weighted by molar-refractivity contribution is -0.384. The number of halogens is 1. The number of H-pyrrole nitrogens is 1. The predicted molar refractivity (Wildman–Crippen MR) is 73.5 cm³/mol. The number of benzene rings is 1. The van der Waals surface area contributed by atoms with Gasteiger partial charge >= 0.3 is 0 Å². The lowest BCUT2D eigenvalue weighted by Crippen LogP contribution is -2.02. The van der Waals surface area contributed by atoms with Gasteiger partial charge in [-0.3, -0.25) is 10.1 Å². The highest BCUT2D eigenvalue weighted by atomic mass is 35.5. The highest BCUT2D eigenvalue weighted by molar-refractivity contribution is 6.33. The van der Waals surface area contributed by atoms with Crippen LogP contribution >= 0.6 is 11.6 Å². The minimum absolute atomic E-state index is 0.0814. The van der Waals surface area contributed by atoms with E-state index in [1.807, 2.05) is 6.92 Å². The van der Waals surface area contributed by atoms with E-state index in [1.165, 1.54) is 6.07 Å². The molecule has 2 aromatic rings. The molecule has 0 aliphatic carbocycles. The van der Waals surface area contributed by atoms with Crippen molar-refractivity contribution in [2.24, 2.45) is 0 Å². The van der Waals surface area contributed by atoms with E-state index >= 15 is 0 Å². The molecule has 2 N–H and O–H groups in total. The summed E-state index contributed by atoms with van der Waals surface area (Å²) in [6.07, 6.45) is 1.74. The monoisotopic (exact) mass is 280 g/mol. The number of hydrogen-bond donors (Lipinski definition) is 2. The number of anilines is 1. The Labute approximate surface area is 115 Å². The molecule has 1 aromatic carbocycles. The van der Waals surface area contributed by atoms with Crippen LogP contribution in [0, 0.1) is 24.0 Å². The predicted octanol–water partition coefficient (Wildman–Crippen LogP) is 3.20. The fourth-order valence-corrected chi connectivity index (χ4v) is 1.98. The van der Waals surface area contributed by atoms with Crippen LogP contribution in [0.1, 0.15) is 17.1 Å². The quantitative estimate of drug-likeness (QED) is 0.665. The van der Waals surface area contributed by atoms with Gasteiger partial charge in [0.15, 0.2) is 0 Å². The molecule has 7 heteroatoms. The smallest absolute Gasteiger partial charge is 0.288 e. The molecule has 6 nitrogen and oxygen atoms in total. The first-order valence-corrected chi connectivity index (χ1v) is 6.04. The number of imidazole rings is 1. The zero-order valence-electron chi connectivity index (χ0n) is 10.5. The molecule has 0 spiro atoms. The van der Waals surface area contributed by atoms with E-state index < -0.39 is 4.92 Å². The highest BCUT2D eigenvalue weighted by Crippen LogP contribution is 2.30. The molecule has 0 saturated heterocycles. The minimum atomic E-state index is -0.489. The van der Waals surface area contributed by atoms with Crippen LogP contribution < -0.4 is 5.32 Å². The van der Waals surface area contributed by atoms with Gasteiger partial charge in [0, 0.05) is 11.8 Å². The molecule has 0 atom stereocenters. The molecule has 0 radical (unpaired) electrons. The van der Waals surface area contributed by atoms with Crippen molar-refractivity contribution in [1.29, 1.82) is 0 Å². The topological polar surface area (TPSA) is 83.8 Å². The van der Waals surface area contributed by atoms with E-state index in [0.717, 1.165) is 22.8 Å². The Morgan fingerprint density at radius 2 is 2.21 bits per heavy atom. The minimum Gasteiger partial charge on any atom is -0.379 e. The van der Waals surface area contributed by atoms with Crippen LogP contribution in [0.25, 0.3) is 0 Å². The molecule has 0 aliphatic heterocycles. The van der Waals surface area contributed by atoms with Gasteiger partial charge in [0.1, 0.15) is 10.8 Å². The van der Waals surface area contributed by atoms with Gasteiger partial charge in [0.2, 0.25) is 0 Å². The number of aromatic nitrogens is 2. The van der Waals surface area contributed by atoms with E-state index in [9.17, 15) is 10.1 Å². The molecule has 0 aliphatic rings. The molecule has 0 fully saturated rings. The standard InChI is InChI=1S/C12H13ClN4O2/c1-7-3-12(17(18)19)10(13)4-11(7)15-6-9-5-14-8(2)16-9/h3-5,15H,6H2,1-2H3,(H,14,16). The summed E-state index contributed by atoms with van der Waals surface area (Å²) in [5.41, 5.74) is 2.39. The van der Waals surface area contributed by atoms with Crippen LogP contribution in [-0.4, -0.2) is 14.9 Å². The Kier molecular flexibility index (Phi) is 3.71. The second-order valence-electron chi connectivity index (χ2n) is 4.22. The average Bonchev–Trinajstić information content (AvgIpc) is 2.75. The largest absolute Gasteiger partial charge is 0.379 e. The molecule has 0 bridgehead atoms. The maximum Gasteiger partial charge on any atom is 0.288 e. The van der Waals surface area contributed by atoms with Gasteiger partial charge in [-0.15, -0.1) is 0 Å². The van der Waals surface area contributed by atoms with Gasteiger partial charge < -0.3 is 10.3 Å². The second-order valence-corrected chi connectivity index (χ2v) is 4.63. The molecule has 2 rings (SSSR count). The summed E-state index contributed by atoms with van der Waals surface area (Å²) < 4.78 is 0. The number of nitro benzene ring substituents is 1. The Morgan fingerprint density at radius 1 is 1.47 bits per heavy atom. The Balaban J connectivity index is 2.17. The Morgan fingerprint density at radius 3 is 2.79 bits per heavy atom. The van der Waals surface area contributed by atoms with Gasteiger partial charge in [-0.1, -0.05) is 11.6 Å². The highest BCUT2D eigenvalue weighted by Gasteiger charge is 2.14. The summed E-state index contributed by atoms with van der Waals surface area (Å²) in [4.78, 5) is 17.5. The van der Waals surface area contributed by atoms with Gasteiger partial charge in [-0.25, -0.2) is 4.98 Å². The number of aryl methyl sites for hydroxylation is 2. The SMILES string of the molecule is Cc1ncc(CNc2cc(Cl)c([N+](=O)[O-])cc2C)[nH]1. The van der Waals surface area contributed by atoms with Crippen LogP contribution in [-0.2, 0) is 6.54 Å². The summed E-state index contributed by atoms with van der Waals surface area (Å²) in [6.45, 7) is 4.22. The zero-order valence-corrected chi connectivity index (χ0v) is 11.3. The van der Waals surface area contributed by atoms with E-state index in [-0.39, 0.29) is 10.7 Å². The molecule has 19 heavy (non-hydrogen) atoms. The van der Waals surface area contributed by atoms with E-state index in [2.05, 4.69) is 15.3 Å². The van der Waals surface area contributed by atoms with Crippen LogP contribution in [0.15, 0.2) is 18.3 Å². The fourth-order valence-electron chi connectivity index (χ4n) is 1.75. The number of hydrogen-bond acceptors (Lipinski definition) is 4. The van der Waals surface area contributed by atoms with E-state index in [1.54, 1.807) is 19.2 Å². The summed E-state index contributed by atoms with van der Waals surface area (Å²) >= 11 is 5.88. The molecule has 0 saturated carbocycles. The summed E-state index contributed by atoms with van der Waals surface area (Å²) in [7, 11) is 0. The first kappa shape index (κ1) is 13.4. The Bertz CT molecular complexity index is 624. The summed E-state index contributed by atoms with van der Waals surface area (Å²) in [6, 6.07) is 3.03. The van der Waals surface area contributed by atoms with Crippen LogP contribution in [0.5, 0.6) is 0 Å². The van der Waals surface area contributed by atoms with Crippen molar-refractivity contribution in [3.05, 3.63) is 50.5 Å². The third-order valence-corrected chi connectivity index (χ3v) is 3.02. The zero-order chi connectivity index (χ0) is 14.0. The lowest BCUT2D eigenvalue weighted by atomic mass is 10.1. The van der Waals surface area contributed by atoms with E-state index in [0.29, 0.717) is 6.54 Å². The van der Waals surface area contributed by atoms with Gasteiger partial charge in [0.05, 0.1) is 23.4 Å². The molecule has 1 aromatic heterocycles. The third-order valence-electron chi connectivity index (χ3n) is 2.72. The van der Waals surface area contributed by atoms with Crippen LogP contribution in [0.4, 0.5) is 11.4 Å².